The number of benzene rings is 1. The van der Waals surface area contributed by atoms with E-state index in [4.69, 9.17) is 9.47 Å². The molecule has 2 rings (SSSR count). The first-order valence-corrected chi connectivity index (χ1v) is 7.75. The molecule has 0 N–H and O–H groups in total. The average Bonchev–Trinajstić information content (AvgIpc) is 2.49. The fraction of sp³-hybridized carbons (Fsp3) is 0.588. The number of anilines is 2. The molecule has 5 nitrogen and oxygen atoms in total. The van der Waals surface area contributed by atoms with Crippen molar-refractivity contribution in [3.8, 4) is 5.75 Å². The van der Waals surface area contributed by atoms with Crippen LogP contribution in [0.25, 0.3) is 0 Å². The lowest BCUT2D eigenvalue weighted by Crippen LogP contribution is -2.52. The fourth-order valence-electron chi connectivity index (χ4n) is 2.56. The maximum atomic E-state index is 12.7. The zero-order chi connectivity index (χ0) is 16.3. The summed E-state index contributed by atoms with van der Waals surface area (Å²) in [5.74, 6) is 0.752. The van der Waals surface area contributed by atoms with Crippen molar-refractivity contribution < 1.29 is 14.3 Å². The molecule has 1 aromatic rings. The van der Waals surface area contributed by atoms with E-state index >= 15 is 0 Å². The number of hydrogen-bond acceptors (Lipinski definition) is 4. The van der Waals surface area contributed by atoms with Crippen LogP contribution < -0.4 is 14.5 Å². The van der Waals surface area contributed by atoms with Crippen molar-refractivity contribution in [3.05, 3.63) is 18.2 Å². The number of hydrogen-bond donors (Lipinski definition) is 0. The monoisotopic (exact) mass is 306 g/mol. The van der Waals surface area contributed by atoms with Gasteiger partial charge in [0.25, 0.3) is 5.91 Å². The van der Waals surface area contributed by atoms with Gasteiger partial charge in [0.15, 0.2) is 5.60 Å². The molecular formula is C17H26N2O3. The van der Waals surface area contributed by atoms with Gasteiger partial charge >= 0.3 is 0 Å². The zero-order valence-electron chi connectivity index (χ0n) is 14.2. The van der Waals surface area contributed by atoms with E-state index in [1.165, 1.54) is 0 Å². The minimum atomic E-state index is -0.835. The van der Waals surface area contributed by atoms with E-state index in [1.54, 1.807) is 7.11 Å². The maximum absolute atomic E-state index is 12.7. The van der Waals surface area contributed by atoms with Crippen LogP contribution in [0.5, 0.6) is 5.75 Å². The lowest BCUT2D eigenvalue weighted by atomic mass is 10.0. The molecule has 0 saturated heterocycles. The number of carbonyl (C=O) groups is 1. The van der Waals surface area contributed by atoms with E-state index in [-0.39, 0.29) is 5.91 Å². The van der Waals surface area contributed by atoms with Gasteiger partial charge in [-0.1, -0.05) is 0 Å². The molecule has 5 heteroatoms. The summed E-state index contributed by atoms with van der Waals surface area (Å²) in [5.41, 5.74) is 1.09. The zero-order valence-corrected chi connectivity index (χ0v) is 14.2. The van der Waals surface area contributed by atoms with Crippen LogP contribution >= 0.6 is 0 Å². The van der Waals surface area contributed by atoms with Crippen LogP contribution in [-0.4, -0.2) is 45.4 Å². The van der Waals surface area contributed by atoms with Gasteiger partial charge in [-0.05, 0) is 45.4 Å². The van der Waals surface area contributed by atoms with E-state index in [2.05, 4.69) is 11.8 Å². The van der Waals surface area contributed by atoms with Crippen molar-refractivity contribution in [2.45, 2.75) is 32.8 Å². The van der Waals surface area contributed by atoms with Gasteiger partial charge in [-0.2, -0.15) is 0 Å². The highest BCUT2D eigenvalue weighted by molar-refractivity contribution is 6.02. The fourth-order valence-corrected chi connectivity index (χ4v) is 2.56. The molecule has 1 aromatic carbocycles. The topological polar surface area (TPSA) is 42.0 Å². The Labute approximate surface area is 132 Å². The maximum Gasteiger partial charge on any atom is 0.270 e. The van der Waals surface area contributed by atoms with Crippen molar-refractivity contribution in [2.24, 2.45) is 0 Å². The predicted octanol–water partition coefficient (Wildman–Crippen LogP) is 2.68. The summed E-state index contributed by atoms with van der Waals surface area (Å²) in [7, 11) is 3.71. The van der Waals surface area contributed by atoms with Gasteiger partial charge in [-0.3, -0.25) is 4.79 Å². The Morgan fingerprint density at radius 3 is 2.73 bits per heavy atom. The highest BCUT2D eigenvalue weighted by Gasteiger charge is 2.40. The molecule has 1 amide bonds. The van der Waals surface area contributed by atoms with Gasteiger partial charge < -0.3 is 19.3 Å². The second-order valence-corrected chi connectivity index (χ2v) is 6.08. The molecule has 22 heavy (non-hydrogen) atoms. The standard InChI is InChI=1S/C17H26N2O3/c1-6-18(4)13-8-9-15-14(12-13)19(10-7-11-21-5)16(20)17(2,3)22-15/h8-9,12H,6-7,10-11H2,1-5H3. The van der Waals surface area contributed by atoms with Crippen LogP contribution in [0.15, 0.2) is 18.2 Å². The van der Waals surface area contributed by atoms with Crippen LogP contribution in [0.2, 0.25) is 0 Å². The van der Waals surface area contributed by atoms with Gasteiger partial charge in [0.05, 0.1) is 5.69 Å². The molecule has 0 fully saturated rings. The first-order valence-electron chi connectivity index (χ1n) is 7.75. The van der Waals surface area contributed by atoms with Crippen LogP contribution in [0.1, 0.15) is 27.2 Å². The van der Waals surface area contributed by atoms with Crippen LogP contribution in [0.4, 0.5) is 11.4 Å². The summed E-state index contributed by atoms with van der Waals surface area (Å²) in [6.07, 6.45) is 0.797. The summed E-state index contributed by atoms with van der Waals surface area (Å²) in [6.45, 7) is 7.89. The van der Waals surface area contributed by atoms with Gasteiger partial charge in [0.1, 0.15) is 5.75 Å². The second kappa shape index (κ2) is 6.57. The Morgan fingerprint density at radius 1 is 1.36 bits per heavy atom. The molecular weight excluding hydrogens is 280 g/mol. The highest BCUT2D eigenvalue weighted by Crippen LogP contribution is 2.40. The number of carbonyl (C=O) groups excluding carboxylic acids is 1. The molecule has 0 aliphatic carbocycles. The molecule has 0 radical (unpaired) electrons. The largest absolute Gasteiger partial charge is 0.476 e. The molecule has 1 aliphatic heterocycles. The summed E-state index contributed by atoms with van der Waals surface area (Å²) in [6, 6.07) is 6.01. The first-order chi connectivity index (χ1) is 10.4. The van der Waals surface area contributed by atoms with Gasteiger partial charge in [-0.25, -0.2) is 0 Å². The smallest absolute Gasteiger partial charge is 0.270 e. The lowest BCUT2D eigenvalue weighted by Gasteiger charge is -2.39. The van der Waals surface area contributed by atoms with Crippen molar-refractivity contribution in [2.75, 3.05) is 43.7 Å². The molecule has 0 saturated carbocycles. The molecule has 0 bridgehead atoms. The van der Waals surface area contributed by atoms with Crippen molar-refractivity contribution in [1.29, 1.82) is 0 Å². The number of ether oxygens (including phenoxy) is 2. The predicted molar refractivity (Wildman–Crippen MR) is 88.9 cm³/mol. The van der Waals surface area contributed by atoms with Crippen molar-refractivity contribution in [1.82, 2.24) is 0 Å². The Hall–Kier alpha value is -1.75. The Balaban J connectivity index is 2.37. The SMILES string of the molecule is CCN(C)c1ccc2c(c1)N(CCCOC)C(=O)C(C)(C)O2. The molecule has 0 aromatic heterocycles. The molecule has 0 atom stereocenters. The minimum Gasteiger partial charge on any atom is -0.476 e. The minimum absolute atomic E-state index is 0.00703. The third kappa shape index (κ3) is 3.19. The Kier molecular flexibility index (Phi) is 4.96. The summed E-state index contributed by atoms with van der Waals surface area (Å²) in [5, 5.41) is 0. The quantitative estimate of drug-likeness (QED) is 0.758. The highest BCUT2D eigenvalue weighted by atomic mass is 16.5. The average molecular weight is 306 g/mol. The van der Waals surface area contributed by atoms with Crippen LogP contribution in [-0.2, 0) is 9.53 Å². The molecule has 122 valence electrons. The third-order valence-electron chi connectivity index (χ3n) is 4.00. The Morgan fingerprint density at radius 2 is 2.09 bits per heavy atom. The molecule has 1 aliphatic rings. The normalized spacial score (nSPS) is 16.2. The molecule has 0 unspecified atom stereocenters. The third-order valence-corrected chi connectivity index (χ3v) is 4.00. The number of methoxy groups -OCH3 is 1. The van der Waals surface area contributed by atoms with E-state index in [0.29, 0.717) is 13.2 Å². The van der Waals surface area contributed by atoms with Gasteiger partial charge in [0, 0.05) is 39.5 Å². The number of nitrogens with zero attached hydrogens (tertiary/aromatic N) is 2. The number of rotatable bonds is 6. The van der Waals surface area contributed by atoms with Gasteiger partial charge in [0.2, 0.25) is 0 Å². The van der Waals surface area contributed by atoms with E-state index < -0.39 is 5.60 Å². The van der Waals surface area contributed by atoms with Crippen LogP contribution in [0.3, 0.4) is 0 Å². The summed E-state index contributed by atoms with van der Waals surface area (Å²) < 4.78 is 11.0. The van der Waals surface area contributed by atoms with Gasteiger partial charge in [-0.15, -0.1) is 0 Å². The van der Waals surface area contributed by atoms with E-state index in [0.717, 1.165) is 30.1 Å². The number of fused-ring (bicyclic) bond motifs is 1. The molecule has 1 heterocycles. The summed E-state index contributed by atoms with van der Waals surface area (Å²) >= 11 is 0. The second-order valence-electron chi connectivity index (χ2n) is 6.08. The van der Waals surface area contributed by atoms with Crippen LogP contribution in [0, 0.1) is 0 Å². The first kappa shape index (κ1) is 16.6. The molecule has 0 spiro atoms. The number of amides is 1. The van der Waals surface area contributed by atoms with Crippen molar-refractivity contribution >= 4 is 17.3 Å². The lowest BCUT2D eigenvalue weighted by molar-refractivity contribution is -0.132. The van der Waals surface area contributed by atoms with Crippen molar-refractivity contribution in [3.63, 3.8) is 0 Å². The van der Waals surface area contributed by atoms with E-state index in [1.807, 2.05) is 44.0 Å². The Bertz CT molecular complexity index is 543. The van der Waals surface area contributed by atoms with E-state index in [9.17, 15) is 4.79 Å². The summed E-state index contributed by atoms with van der Waals surface area (Å²) in [4.78, 5) is 16.7.